The molecule has 0 bridgehead atoms. The molecule has 1 fully saturated rings. The molecule has 0 saturated carbocycles. The van der Waals surface area contributed by atoms with E-state index in [1.807, 2.05) is 4.68 Å². The van der Waals surface area contributed by atoms with Crippen molar-refractivity contribution >= 4 is 5.97 Å². The van der Waals surface area contributed by atoms with Gasteiger partial charge in [-0.1, -0.05) is 13.8 Å². The highest BCUT2D eigenvalue weighted by molar-refractivity contribution is 5.75. The summed E-state index contributed by atoms with van der Waals surface area (Å²) >= 11 is 0. The standard InChI is InChI=1S/C13H21N3O3/c1-10(2)7-16-11(14-9-15-16)6-13(12(17)18)4-3-5-19-8-13/h9-10H,3-8H2,1-2H3,(H,17,18). The van der Waals surface area contributed by atoms with Crippen LogP contribution in [0.2, 0.25) is 0 Å². The maximum atomic E-state index is 11.6. The molecule has 6 nitrogen and oxygen atoms in total. The molecule has 6 heteroatoms. The molecular formula is C13H21N3O3. The van der Waals surface area contributed by atoms with E-state index in [2.05, 4.69) is 23.9 Å². The van der Waals surface area contributed by atoms with Gasteiger partial charge in [0, 0.05) is 19.6 Å². The summed E-state index contributed by atoms with van der Waals surface area (Å²) < 4.78 is 7.19. The van der Waals surface area contributed by atoms with Crippen molar-refractivity contribution in [1.82, 2.24) is 14.8 Å². The fourth-order valence-electron chi connectivity index (χ4n) is 2.46. The van der Waals surface area contributed by atoms with Gasteiger partial charge in [-0.25, -0.2) is 9.67 Å². The number of hydrogen-bond acceptors (Lipinski definition) is 4. The predicted molar refractivity (Wildman–Crippen MR) is 68.7 cm³/mol. The number of hydrogen-bond donors (Lipinski definition) is 1. The van der Waals surface area contributed by atoms with Gasteiger partial charge in [0.15, 0.2) is 0 Å². The molecule has 2 heterocycles. The summed E-state index contributed by atoms with van der Waals surface area (Å²) in [6.07, 6.45) is 3.30. The maximum Gasteiger partial charge on any atom is 0.312 e. The summed E-state index contributed by atoms with van der Waals surface area (Å²) in [5.74, 6) is 0.386. The highest BCUT2D eigenvalue weighted by Crippen LogP contribution is 2.32. The SMILES string of the molecule is CC(C)Cn1ncnc1CC1(C(=O)O)CCCOC1. The van der Waals surface area contributed by atoms with E-state index in [1.165, 1.54) is 6.33 Å². The normalized spacial score (nSPS) is 23.7. The Balaban J connectivity index is 2.17. The number of rotatable bonds is 5. The summed E-state index contributed by atoms with van der Waals surface area (Å²) in [4.78, 5) is 15.8. The van der Waals surface area contributed by atoms with Gasteiger partial charge in [-0.05, 0) is 18.8 Å². The Morgan fingerprint density at radius 1 is 1.63 bits per heavy atom. The lowest BCUT2D eigenvalue weighted by Gasteiger charge is -2.32. The highest BCUT2D eigenvalue weighted by atomic mass is 16.5. The van der Waals surface area contributed by atoms with Crippen LogP contribution in [0.1, 0.15) is 32.5 Å². The predicted octanol–water partition coefficient (Wildman–Crippen LogP) is 1.36. The number of aliphatic carboxylic acids is 1. The van der Waals surface area contributed by atoms with E-state index in [4.69, 9.17) is 4.74 Å². The topological polar surface area (TPSA) is 77.2 Å². The van der Waals surface area contributed by atoms with Crippen molar-refractivity contribution < 1.29 is 14.6 Å². The largest absolute Gasteiger partial charge is 0.481 e. The minimum absolute atomic E-state index is 0.261. The molecule has 0 aromatic carbocycles. The molecule has 2 rings (SSSR count). The number of nitrogens with zero attached hydrogens (tertiary/aromatic N) is 3. The zero-order valence-electron chi connectivity index (χ0n) is 11.5. The Labute approximate surface area is 112 Å². The van der Waals surface area contributed by atoms with Crippen molar-refractivity contribution in [3.8, 4) is 0 Å². The second kappa shape index (κ2) is 5.69. The monoisotopic (exact) mass is 267 g/mol. The third-order valence-corrected chi connectivity index (χ3v) is 3.51. The van der Waals surface area contributed by atoms with Crippen molar-refractivity contribution in [3.05, 3.63) is 12.2 Å². The lowest BCUT2D eigenvalue weighted by atomic mass is 9.79. The third kappa shape index (κ3) is 3.12. The van der Waals surface area contributed by atoms with Gasteiger partial charge in [-0.15, -0.1) is 0 Å². The molecule has 1 aliphatic rings. The van der Waals surface area contributed by atoms with E-state index < -0.39 is 11.4 Å². The molecule has 1 atom stereocenters. The zero-order chi connectivity index (χ0) is 13.9. The summed E-state index contributed by atoms with van der Waals surface area (Å²) in [6.45, 7) is 5.86. The number of carbonyl (C=O) groups is 1. The molecule has 1 saturated heterocycles. The molecule has 1 unspecified atom stereocenters. The molecule has 1 N–H and O–H groups in total. The number of carboxylic acids is 1. The zero-order valence-corrected chi connectivity index (χ0v) is 11.5. The molecule has 0 aliphatic carbocycles. The van der Waals surface area contributed by atoms with Crippen LogP contribution in [0.3, 0.4) is 0 Å². The molecule has 1 aromatic heterocycles. The Morgan fingerprint density at radius 3 is 3.00 bits per heavy atom. The molecule has 19 heavy (non-hydrogen) atoms. The van der Waals surface area contributed by atoms with Crippen molar-refractivity contribution in [2.24, 2.45) is 11.3 Å². The van der Waals surface area contributed by atoms with Crippen LogP contribution in [0.4, 0.5) is 0 Å². The molecule has 0 spiro atoms. The summed E-state index contributed by atoms with van der Waals surface area (Å²) in [7, 11) is 0. The quantitative estimate of drug-likeness (QED) is 0.871. The van der Waals surface area contributed by atoms with Crippen molar-refractivity contribution in [2.75, 3.05) is 13.2 Å². The van der Waals surface area contributed by atoms with E-state index in [1.54, 1.807) is 0 Å². The van der Waals surface area contributed by atoms with Crippen LogP contribution in [0.5, 0.6) is 0 Å². The van der Waals surface area contributed by atoms with Gasteiger partial charge in [-0.2, -0.15) is 5.10 Å². The van der Waals surface area contributed by atoms with Crippen LogP contribution in [0.25, 0.3) is 0 Å². The average molecular weight is 267 g/mol. The number of ether oxygens (including phenoxy) is 1. The minimum Gasteiger partial charge on any atom is -0.481 e. The first-order valence-electron chi connectivity index (χ1n) is 6.71. The van der Waals surface area contributed by atoms with E-state index in [9.17, 15) is 9.90 Å². The van der Waals surface area contributed by atoms with Gasteiger partial charge in [-0.3, -0.25) is 4.79 Å². The lowest BCUT2D eigenvalue weighted by Crippen LogP contribution is -2.42. The van der Waals surface area contributed by atoms with Crippen LogP contribution >= 0.6 is 0 Å². The lowest BCUT2D eigenvalue weighted by molar-refractivity contribution is -0.157. The Hall–Kier alpha value is -1.43. The molecule has 0 amide bonds. The van der Waals surface area contributed by atoms with Crippen molar-refractivity contribution in [1.29, 1.82) is 0 Å². The molecule has 1 aliphatic heterocycles. The third-order valence-electron chi connectivity index (χ3n) is 3.51. The summed E-state index contributed by atoms with van der Waals surface area (Å²) in [5, 5.41) is 13.7. The van der Waals surface area contributed by atoms with Gasteiger partial charge in [0.2, 0.25) is 0 Å². The molecule has 0 radical (unpaired) electrons. The van der Waals surface area contributed by atoms with Gasteiger partial charge in [0.1, 0.15) is 12.2 Å². The average Bonchev–Trinajstić information content (AvgIpc) is 2.76. The second-order valence-electron chi connectivity index (χ2n) is 5.67. The minimum atomic E-state index is -0.847. The fraction of sp³-hybridized carbons (Fsp3) is 0.769. The van der Waals surface area contributed by atoms with Gasteiger partial charge in [0.25, 0.3) is 0 Å². The van der Waals surface area contributed by atoms with Crippen molar-refractivity contribution in [2.45, 2.75) is 39.7 Å². The van der Waals surface area contributed by atoms with E-state index in [0.29, 0.717) is 25.4 Å². The summed E-state index contributed by atoms with van der Waals surface area (Å²) in [6, 6.07) is 0. The smallest absolute Gasteiger partial charge is 0.312 e. The first kappa shape index (κ1) is 14.0. The fourth-order valence-corrected chi connectivity index (χ4v) is 2.46. The highest BCUT2D eigenvalue weighted by Gasteiger charge is 2.42. The first-order valence-corrected chi connectivity index (χ1v) is 6.71. The first-order chi connectivity index (χ1) is 9.03. The molecular weight excluding hydrogens is 246 g/mol. The Bertz CT molecular complexity index is 436. The second-order valence-corrected chi connectivity index (χ2v) is 5.67. The van der Waals surface area contributed by atoms with Crippen LogP contribution in [0.15, 0.2) is 6.33 Å². The molecule has 1 aromatic rings. The number of carboxylic acid groups (broad SMARTS) is 1. The van der Waals surface area contributed by atoms with Crippen LogP contribution in [-0.2, 0) is 22.5 Å². The Morgan fingerprint density at radius 2 is 2.42 bits per heavy atom. The number of aromatic nitrogens is 3. The maximum absolute atomic E-state index is 11.6. The van der Waals surface area contributed by atoms with Crippen LogP contribution in [0, 0.1) is 11.3 Å². The summed E-state index contributed by atoms with van der Waals surface area (Å²) in [5.41, 5.74) is -0.847. The Kier molecular flexibility index (Phi) is 4.19. The van der Waals surface area contributed by atoms with E-state index in [0.717, 1.165) is 18.8 Å². The van der Waals surface area contributed by atoms with Gasteiger partial charge < -0.3 is 9.84 Å². The van der Waals surface area contributed by atoms with Crippen LogP contribution in [-0.4, -0.2) is 39.1 Å². The van der Waals surface area contributed by atoms with Crippen LogP contribution < -0.4 is 0 Å². The van der Waals surface area contributed by atoms with Crippen molar-refractivity contribution in [3.63, 3.8) is 0 Å². The molecule has 106 valence electrons. The van der Waals surface area contributed by atoms with E-state index in [-0.39, 0.29) is 6.61 Å². The van der Waals surface area contributed by atoms with Gasteiger partial charge >= 0.3 is 5.97 Å². The van der Waals surface area contributed by atoms with E-state index >= 15 is 0 Å². The van der Waals surface area contributed by atoms with Gasteiger partial charge in [0.05, 0.1) is 12.0 Å².